The second-order valence-corrected chi connectivity index (χ2v) is 15.6. The van der Waals surface area contributed by atoms with Crippen molar-refractivity contribution in [2.45, 2.75) is 45.2 Å². The Hall–Kier alpha value is -2.65. The summed E-state index contributed by atoms with van der Waals surface area (Å²) in [6.07, 6.45) is 2.24. The van der Waals surface area contributed by atoms with Crippen molar-refractivity contribution in [1.29, 1.82) is 0 Å². The Morgan fingerprint density at radius 3 is 2.39 bits per heavy atom. The summed E-state index contributed by atoms with van der Waals surface area (Å²) in [5.74, 6) is -0.273. The van der Waals surface area contributed by atoms with E-state index in [4.69, 9.17) is 18.9 Å². The number of carbonyl (C=O) groups is 2. The van der Waals surface area contributed by atoms with Crippen LogP contribution in [0.25, 0.3) is 0 Å². The summed E-state index contributed by atoms with van der Waals surface area (Å²) in [7, 11) is -7.00. The Balaban J connectivity index is 0.000000439. The second kappa shape index (κ2) is 16.1. The molecule has 2 heterocycles. The van der Waals surface area contributed by atoms with E-state index in [1.165, 1.54) is 0 Å². The van der Waals surface area contributed by atoms with Gasteiger partial charge in [0.25, 0.3) is 0 Å². The fourth-order valence-corrected chi connectivity index (χ4v) is 5.86. The summed E-state index contributed by atoms with van der Waals surface area (Å²) in [6.45, 7) is 10.5. The summed E-state index contributed by atoms with van der Waals surface area (Å²) >= 11 is 0. The largest absolute Gasteiger partial charge is 0.523 e. The second-order valence-electron chi connectivity index (χ2n) is 10.6. The third-order valence-corrected chi connectivity index (χ3v) is 8.52. The number of cyclic esters (lactones) is 1. The zero-order valence-electron chi connectivity index (χ0n) is 25.3. The van der Waals surface area contributed by atoms with Gasteiger partial charge in [-0.3, -0.25) is 13.9 Å². The molecule has 2 aliphatic heterocycles. The summed E-state index contributed by atoms with van der Waals surface area (Å²) in [5, 5.41) is 10.7. The lowest BCUT2D eigenvalue weighted by Crippen LogP contribution is -2.38. The van der Waals surface area contributed by atoms with Crippen molar-refractivity contribution in [2.24, 2.45) is 0 Å². The van der Waals surface area contributed by atoms with Crippen LogP contribution in [0.4, 0.5) is 13.2 Å². The van der Waals surface area contributed by atoms with Crippen molar-refractivity contribution in [1.82, 2.24) is 4.90 Å². The standard InChI is InChI=1S/C23H31NO7.C4H8F3O4PS/c1-15(5-7-19(25)30-13-10-24-8-11-29-12-9-24)4-6-17-21(26)20-18(14-31-23(20)27)16(2)22(17)28-3;1-12(2,8)3-11-13(9,10)4(5,6)7/h4,26H,5-14H2,1-3H3;3H2,1-2H3/b15-4+;. The maximum atomic E-state index is 12.0. The van der Waals surface area contributed by atoms with E-state index in [2.05, 4.69) is 9.08 Å². The highest BCUT2D eigenvalue weighted by molar-refractivity contribution is 7.87. The van der Waals surface area contributed by atoms with Crippen molar-refractivity contribution < 1.29 is 64.0 Å². The van der Waals surface area contributed by atoms with Crippen LogP contribution in [0.5, 0.6) is 11.5 Å². The summed E-state index contributed by atoms with van der Waals surface area (Å²) in [5.41, 5.74) is -2.22. The zero-order valence-corrected chi connectivity index (χ0v) is 27.0. The van der Waals surface area contributed by atoms with Gasteiger partial charge in [0, 0.05) is 37.2 Å². The van der Waals surface area contributed by atoms with Crippen molar-refractivity contribution in [3.05, 3.63) is 33.9 Å². The molecule has 0 bridgehead atoms. The molecule has 0 radical (unpaired) electrons. The van der Waals surface area contributed by atoms with Gasteiger partial charge in [-0.15, -0.1) is 0 Å². The molecule has 2 aliphatic rings. The molecule has 0 amide bonds. The molecule has 1 aromatic rings. The van der Waals surface area contributed by atoms with Crippen LogP contribution in [0.2, 0.25) is 0 Å². The van der Waals surface area contributed by atoms with Gasteiger partial charge < -0.3 is 28.6 Å². The van der Waals surface area contributed by atoms with Gasteiger partial charge in [0.2, 0.25) is 0 Å². The molecule has 1 fully saturated rings. The molecule has 0 atom stereocenters. The number of morpholine rings is 1. The SMILES string of the molecule is COc1c(C)c2c(c(O)c1C/C=C(\C)CCC(=O)OCCN1CCOCC1)C(=O)OC2.CP(C)(=O)COS(=O)(=O)C(F)(F)F. The molecule has 0 saturated carbocycles. The predicted molar refractivity (Wildman–Crippen MR) is 154 cm³/mol. The quantitative estimate of drug-likeness (QED) is 0.112. The summed E-state index contributed by atoms with van der Waals surface area (Å²) < 4.78 is 90.9. The first-order chi connectivity index (χ1) is 20.4. The number of rotatable bonds is 12. The van der Waals surface area contributed by atoms with E-state index >= 15 is 0 Å². The Kier molecular flexibility index (Phi) is 13.7. The van der Waals surface area contributed by atoms with Gasteiger partial charge in [-0.05, 0) is 45.6 Å². The lowest BCUT2D eigenvalue weighted by molar-refractivity contribution is -0.144. The van der Waals surface area contributed by atoms with Gasteiger partial charge in [-0.1, -0.05) is 11.6 Å². The molecular weight excluding hydrogens is 634 g/mol. The van der Waals surface area contributed by atoms with Crippen molar-refractivity contribution in [2.75, 3.05) is 66.2 Å². The van der Waals surface area contributed by atoms with Crippen LogP contribution in [0.15, 0.2) is 11.6 Å². The van der Waals surface area contributed by atoms with E-state index in [0.717, 1.165) is 57.3 Å². The number of phenols is 1. The summed E-state index contributed by atoms with van der Waals surface area (Å²) in [6, 6.07) is 0. The minimum atomic E-state index is -5.60. The number of hydrogen-bond donors (Lipinski definition) is 1. The molecule has 1 N–H and O–H groups in total. The highest BCUT2D eigenvalue weighted by atomic mass is 32.2. The van der Waals surface area contributed by atoms with Crippen LogP contribution >= 0.6 is 7.14 Å². The zero-order chi connectivity index (χ0) is 33.3. The predicted octanol–water partition coefficient (Wildman–Crippen LogP) is 3.96. The molecule has 12 nitrogen and oxygen atoms in total. The van der Waals surface area contributed by atoms with E-state index in [9.17, 15) is 40.8 Å². The van der Waals surface area contributed by atoms with Crippen LogP contribution in [0.3, 0.4) is 0 Å². The number of halogens is 3. The van der Waals surface area contributed by atoms with Crippen LogP contribution in [0, 0.1) is 6.92 Å². The Morgan fingerprint density at radius 2 is 1.82 bits per heavy atom. The number of benzene rings is 1. The van der Waals surface area contributed by atoms with Crippen LogP contribution in [0.1, 0.15) is 46.8 Å². The third-order valence-electron chi connectivity index (χ3n) is 6.60. The van der Waals surface area contributed by atoms with Gasteiger partial charge in [-0.25, -0.2) is 4.79 Å². The minimum absolute atomic E-state index is 0.0912. The monoisotopic (exact) mass is 673 g/mol. The smallest absolute Gasteiger partial charge is 0.507 e. The fraction of sp³-hybridized carbons (Fsp3) is 0.630. The lowest BCUT2D eigenvalue weighted by Gasteiger charge is -2.26. The number of alkyl halides is 3. The van der Waals surface area contributed by atoms with E-state index in [-0.39, 0.29) is 23.9 Å². The topological polar surface area (TPSA) is 155 Å². The molecule has 3 rings (SSSR count). The first-order valence-corrected chi connectivity index (χ1v) is 17.8. The molecule has 44 heavy (non-hydrogen) atoms. The number of hydrogen-bond acceptors (Lipinski definition) is 12. The number of phenolic OH excluding ortho intramolecular Hbond substituents is 1. The minimum Gasteiger partial charge on any atom is -0.507 e. The number of nitrogens with zero attached hydrogens (tertiary/aromatic N) is 1. The molecular formula is C27H39F3NO11PS. The molecule has 0 spiro atoms. The van der Waals surface area contributed by atoms with E-state index in [1.807, 2.05) is 19.9 Å². The van der Waals surface area contributed by atoms with Crippen LogP contribution in [-0.4, -0.2) is 102 Å². The Bertz CT molecular complexity index is 1370. The molecule has 250 valence electrons. The first-order valence-electron chi connectivity index (χ1n) is 13.6. The molecule has 0 aliphatic carbocycles. The Morgan fingerprint density at radius 1 is 1.18 bits per heavy atom. The molecule has 0 aromatic heterocycles. The van der Waals surface area contributed by atoms with Gasteiger partial charge >= 0.3 is 27.6 Å². The number of esters is 2. The maximum Gasteiger partial charge on any atom is 0.523 e. The number of aromatic hydroxyl groups is 1. The number of ether oxygens (including phenoxy) is 4. The fourth-order valence-electron chi connectivity index (χ4n) is 4.15. The van der Waals surface area contributed by atoms with Gasteiger partial charge in [0.05, 0.1) is 20.3 Å². The Labute approximate surface area is 254 Å². The molecule has 1 aromatic carbocycles. The molecule has 0 unspecified atom stereocenters. The molecule has 17 heteroatoms. The number of methoxy groups -OCH3 is 1. The average Bonchev–Trinajstić information content (AvgIpc) is 3.34. The number of carbonyl (C=O) groups excluding carboxylic acids is 2. The first kappa shape index (κ1) is 37.5. The highest BCUT2D eigenvalue weighted by Gasteiger charge is 2.47. The van der Waals surface area contributed by atoms with E-state index < -0.39 is 35.1 Å². The normalized spacial score (nSPS) is 16.1. The van der Waals surface area contributed by atoms with E-state index in [0.29, 0.717) is 42.7 Å². The van der Waals surface area contributed by atoms with Gasteiger partial charge in [-0.2, -0.15) is 21.6 Å². The molecule has 1 saturated heterocycles. The van der Waals surface area contributed by atoms with Crippen molar-refractivity contribution in [3.63, 3.8) is 0 Å². The van der Waals surface area contributed by atoms with Crippen LogP contribution in [-0.2, 0) is 50.9 Å². The van der Waals surface area contributed by atoms with Crippen molar-refractivity contribution >= 4 is 29.2 Å². The van der Waals surface area contributed by atoms with E-state index in [1.54, 1.807) is 7.11 Å². The highest BCUT2D eigenvalue weighted by Crippen LogP contribution is 2.42. The average molecular weight is 674 g/mol. The van der Waals surface area contributed by atoms with Crippen molar-refractivity contribution in [3.8, 4) is 11.5 Å². The van der Waals surface area contributed by atoms with Gasteiger partial charge in [0.1, 0.15) is 43.8 Å². The maximum absolute atomic E-state index is 12.0. The van der Waals surface area contributed by atoms with Gasteiger partial charge in [0.15, 0.2) is 0 Å². The lowest BCUT2D eigenvalue weighted by atomic mass is 9.94. The third kappa shape index (κ3) is 11.1. The summed E-state index contributed by atoms with van der Waals surface area (Å²) in [4.78, 5) is 26.2. The number of fused-ring (bicyclic) bond motifs is 1. The number of allylic oxidation sites excluding steroid dienone is 2. The van der Waals surface area contributed by atoms with Crippen LogP contribution < -0.4 is 4.74 Å².